The lowest BCUT2D eigenvalue weighted by atomic mass is 9.53. The molecule has 7 heteroatoms. The molecule has 2 aliphatic rings. The molecule has 6 nitrogen and oxygen atoms in total. The highest BCUT2D eigenvalue weighted by Crippen LogP contribution is 2.52. The van der Waals surface area contributed by atoms with Gasteiger partial charge in [-0.1, -0.05) is 28.1 Å². The normalized spacial score (nSPS) is 28.6. The lowest BCUT2D eigenvalue weighted by Gasteiger charge is -2.48. The van der Waals surface area contributed by atoms with Crippen LogP contribution in [0.1, 0.15) is 37.3 Å². The molecule has 1 N–H and O–H groups in total. The first-order valence-corrected chi connectivity index (χ1v) is 8.65. The SMILES string of the molecule is CCOC(=O)[C@@]12CCC(=O)C(=[N+]=[N-])[C@]1(O)CCc1c(Br)cccc12. The second-order valence-corrected chi connectivity index (χ2v) is 6.98. The molecule has 1 aromatic rings. The summed E-state index contributed by atoms with van der Waals surface area (Å²) in [6, 6.07) is 5.42. The molecule has 1 saturated carbocycles. The Kier molecular flexibility index (Phi) is 4.20. The highest BCUT2D eigenvalue weighted by Gasteiger charge is 2.70. The number of hydrogen-bond acceptors (Lipinski definition) is 4. The highest BCUT2D eigenvalue weighted by molar-refractivity contribution is 9.10. The first-order valence-electron chi connectivity index (χ1n) is 7.85. The number of benzene rings is 1. The Morgan fingerprint density at radius 3 is 2.83 bits per heavy atom. The van der Waals surface area contributed by atoms with E-state index in [9.17, 15) is 20.2 Å². The lowest BCUT2D eigenvalue weighted by Crippen LogP contribution is -2.68. The quantitative estimate of drug-likeness (QED) is 0.472. The van der Waals surface area contributed by atoms with E-state index < -0.39 is 22.8 Å². The maximum absolute atomic E-state index is 13.0. The third kappa shape index (κ3) is 2.05. The first-order chi connectivity index (χ1) is 11.4. The average Bonchev–Trinajstić information content (AvgIpc) is 2.54. The molecule has 1 fully saturated rings. The number of carbonyl (C=O) groups excluding carboxylic acids is 2. The second-order valence-electron chi connectivity index (χ2n) is 6.12. The van der Waals surface area contributed by atoms with Crippen molar-refractivity contribution in [3.05, 3.63) is 39.3 Å². The van der Waals surface area contributed by atoms with Crippen LogP contribution in [0, 0.1) is 0 Å². The molecule has 24 heavy (non-hydrogen) atoms. The maximum atomic E-state index is 13.0. The summed E-state index contributed by atoms with van der Waals surface area (Å²) >= 11 is 3.49. The van der Waals surface area contributed by atoms with Crippen molar-refractivity contribution in [2.24, 2.45) is 0 Å². The Balaban J connectivity index is 2.34. The minimum Gasteiger partial charge on any atom is -0.465 e. The summed E-state index contributed by atoms with van der Waals surface area (Å²) in [5.74, 6) is -1.04. The molecule has 0 aromatic heterocycles. The molecule has 1 aromatic carbocycles. The number of nitrogens with zero attached hydrogens (tertiary/aromatic N) is 2. The van der Waals surface area contributed by atoms with Gasteiger partial charge in [0, 0.05) is 10.9 Å². The zero-order valence-electron chi connectivity index (χ0n) is 13.2. The number of fused-ring (bicyclic) bond motifs is 3. The topological polar surface area (TPSA) is 100 Å². The summed E-state index contributed by atoms with van der Waals surface area (Å²) in [6.45, 7) is 1.84. The van der Waals surface area contributed by atoms with Gasteiger partial charge in [0.2, 0.25) is 5.78 Å². The minimum absolute atomic E-state index is 0.00642. The number of ether oxygens (including phenoxy) is 1. The number of ketones is 1. The number of esters is 1. The van der Waals surface area contributed by atoms with Crippen LogP contribution in [-0.2, 0) is 26.2 Å². The number of aliphatic hydroxyl groups is 1. The van der Waals surface area contributed by atoms with E-state index >= 15 is 0 Å². The van der Waals surface area contributed by atoms with Crippen LogP contribution in [0.25, 0.3) is 5.53 Å². The third-order valence-corrected chi connectivity index (χ3v) is 5.87. The van der Waals surface area contributed by atoms with Gasteiger partial charge in [0.15, 0.2) is 5.60 Å². The number of Topliss-reactive ketones (excluding diaryl/α,β-unsaturated/α-hetero) is 1. The summed E-state index contributed by atoms with van der Waals surface area (Å²) in [4.78, 5) is 28.2. The van der Waals surface area contributed by atoms with Crippen molar-refractivity contribution in [2.45, 2.75) is 43.6 Å². The molecule has 0 spiro atoms. The van der Waals surface area contributed by atoms with Crippen LogP contribution in [0.3, 0.4) is 0 Å². The van der Waals surface area contributed by atoms with Gasteiger partial charge >= 0.3 is 11.7 Å². The number of rotatable bonds is 2. The first kappa shape index (κ1) is 17.0. The van der Waals surface area contributed by atoms with Gasteiger partial charge in [0.1, 0.15) is 5.41 Å². The monoisotopic (exact) mass is 392 g/mol. The minimum atomic E-state index is -1.88. The van der Waals surface area contributed by atoms with Crippen LogP contribution in [0.2, 0.25) is 0 Å². The van der Waals surface area contributed by atoms with E-state index in [-0.39, 0.29) is 31.6 Å². The van der Waals surface area contributed by atoms with Gasteiger partial charge in [-0.15, -0.1) is 0 Å². The smallest absolute Gasteiger partial charge is 0.367 e. The van der Waals surface area contributed by atoms with E-state index in [1.54, 1.807) is 19.1 Å². The number of hydrogen-bond donors (Lipinski definition) is 1. The van der Waals surface area contributed by atoms with Gasteiger partial charge in [0.05, 0.1) is 6.61 Å². The third-order valence-electron chi connectivity index (χ3n) is 5.13. The molecule has 0 heterocycles. The van der Waals surface area contributed by atoms with E-state index in [0.29, 0.717) is 12.0 Å². The molecule has 126 valence electrons. The average molecular weight is 393 g/mol. The lowest BCUT2D eigenvalue weighted by molar-refractivity contribution is -0.166. The van der Waals surface area contributed by atoms with Crippen molar-refractivity contribution in [2.75, 3.05) is 6.61 Å². The Morgan fingerprint density at radius 2 is 2.17 bits per heavy atom. The van der Waals surface area contributed by atoms with E-state index in [2.05, 4.69) is 20.7 Å². The number of carbonyl (C=O) groups is 2. The van der Waals surface area contributed by atoms with Crippen LogP contribution in [0.5, 0.6) is 0 Å². The van der Waals surface area contributed by atoms with Gasteiger partial charge in [-0.05, 0) is 43.4 Å². The van der Waals surface area contributed by atoms with Gasteiger partial charge in [-0.2, -0.15) is 4.79 Å². The van der Waals surface area contributed by atoms with Crippen molar-refractivity contribution in [3.8, 4) is 0 Å². The molecule has 2 aliphatic carbocycles. The molecule has 0 aliphatic heterocycles. The molecule has 3 rings (SSSR count). The van der Waals surface area contributed by atoms with E-state index in [1.807, 2.05) is 6.07 Å². The predicted octanol–water partition coefficient (Wildman–Crippen LogP) is 1.96. The summed E-state index contributed by atoms with van der Waals surface area (Å²) in [5, 5.41) is 11.4. The van der Waals surface area contributed by atoms with Crippen LogP contribution in [0.4, 0.5) is 0 Å². The van der Waals surface area contributed by atoms with Crippen LogP contribution < -0.4 is 0 Å². The van der Waals surface area contributed by atoms with Crippen LogP contribution in [0.15, 0.2) is 22.7 Å². The molecule has 0 saturated heterocycles. The summed E-state index contributed by atoms with van der Waals surface area (Å²) in [6.07, 6.45) is 0.670. The van der Waals surface area contributed by atoms with Crippen molar-refractivity contribution in [3.63, 3.8) is 0 Å². The number of halogens is 1. The molecule has 0 amide bonds. The largest absolute Gasteiger partial charge is 0.465 e. The molecule has 0 radical (unpaired) electrons. The van der Waals surface area contributed by atoms with Crippen molar-refractivity contribution < 1.29 is 24.2 Å². The molecule has 0 unspecified atom stereocenters. The molecular formula is C17H17BrN2O4. The molecule has 0 bridgehead atoms. The summed E-state index contributed by atoms with van der Waals surface area (Å²) < 4.78 is 6.11. The molecular weight excluding hydrogens is 376 g/mol. The van der Waals surface area contributed by atoms with Gasteiger partial charge in [-0.25, -0.2) is 0 Å². The Bertz CT molecular complexity index is 787. The highest BCUT2D eigenvalue weighted by atomic mass is 79.9. The van der Waals surface area contributed by atoms with Crippen molar-refractivity contribution >= 4 is 33.4 Å². The standard InChI is InChI=1S/C17H17BrN2O4/c1-2-24-15(22)16-8-7-13(21)14(20-19)17(16,23)9-6-10-11(16)4-3-5-12(10)18/h3-5,23H,2,6-9H2,1H3/t16-,17+/m0/s1. The predicted molar refractivity (Wildman–Crippen MR) is 88.6 cm³/mol. The zero-order chi connectivity index (χ0) is 17.5. The summed E-state index contributed by atoms with van der Waals surface area (Å²) in [5.41, 5.74) is 7.19. The van der Waals surface area contributed by atoms with Crippen LogP contribution in [-0.4, -0.2) is 39.6 Å². The Hall–Kier alpha value is -1.82. The van der Waals surface area contributed by atoms with Crippen molar-refractivity contribution in [1.82, 2.24) is 0 Å². The van der Waals surface area contributed by atoms with E-state index in [4.69, 9.17) is 4.74 Å². The van der Waals surface area contributed by atoms with E-state index in [1.165, 1.54) is 0 Å². The van der Waals surface area contributed by atoms with Gasteiger partial charge in [0.25, 0.3) is 0 Å². The second kappa shape index (κ2) is 5.92. The fraction of sp³-hybridized carbons (Fsp3) is 0.471. The Morgan fingerprint density at radius 1 is 1.42 bits per heavy atom. The van der Waals surface area contributed by atoms with Gasteiger partial charge < -0.3 is 15.4 Å². The zero-order valence-corrected chi connectivity index (χ0v) is 14.8. The van der Waals surface area contributed by atoms with E-state index in [0.717, 1.165) is 10.0 Å². The van der Waals surface area contributed by atoms with Crippen molar-refractivity contribution in [1.29, 1.82) is 0 Å². The maximum Gasteiger partial charge on any atom is 0.367 e. The fourth-order valence-corrected chi connectivity index (χ4v) is 4.60. The van der Waals surface area contributed by atoms with Crippen LogP contribution >= 0.6 is 15.9 Å². The summed E-state index contributed by atoms with van der Waals surface area (Å²) in [7, 11) is 0. The molecule has 2 atom stereocenters. The Labute approximate surface area is 147 Å². The fourth-order valence-electron chi connectivity index (χ4n) is 4.04. The van der Waals surface area contributed by atoms with Gasteiger partial charge in [-0.3, -0.25) is 9.59 Å².